The smallest absolute Gasteiger partial charge is 0.333 e. The molecule has 6 heteroatoms. The fourth-order valence-electron chi connectivity index (χ4n) is 10.9. The van der Waals surface area contributed by atoms with Crippen LogP contribution in [-0.2, 0) is 28.6 Å². The van der Waals surface area contributed by atoms with Crippen molar-refractivity contribution in [3.63, 3.8) is 0 Å². The van der Waals surface area contributed by atoms with E-state index in [-0.39, 0.29) is 24.0 Å². The Morgan fingerprint density at radius 2 is 0.477 bits per heavy atom. The van der Waals surface area contributed by atoms with Crippen molar-refractivity contribution in [1.82, 2.24) is 0 Å². The van der Waals surface area contributed by atoms with Crippen LogP contribution < -0.4 is 0 Å². The molecule has 1 unspecified atom stereocenters. The third kappa shape index (κ3) is 83.2. The molecule has 0 aromatic rings. The summed E-state index contributed by atoms with van der Waals surface area (Å²) in [6, 6.07) is 0. The lowest BCUT2D eigenvalue weighted by Gasteiger charge is -2.18. The maximum atomic E-state index is 12.0. The van der Waals surface area contributed by atoms with E-state index < -0.39 is 0 Å². The van der Waals surface area contributed by atoms with Crippen molar-refractivity contribution in [3.05, 3.63) is 61.8 Å². The second-order valence-corrected chi connectivity index (χ2v) is 25.8. The molecule has 0 aromatic heterocycles. The average molecular weight is 1210 g/mol. The summed E-state index contributed by atoms with van der Waals surface area (Å²) in [6.45, 7) is 29.9. The van der Waals surface area contributed by atoms with Gasteiger partial charge in [-0.05, 0) is 52.9 Å². The Bertz CT molecular complexity index is 1440. The number of unbranched alkanes of at least 4 members (excludes halogenated alkanes) is 53. The van der Waals surface area contributed by atoms with Crippen LogP contribution in [0.3, 0.4) is 0 Å². The highest BCUT2D eigenvalue weighted by molar-refractivity contribution is 5.87. The van der Waals surface area contributed by atoms with Gasteiger partial charge in [0.25, 0.3) is 0 Å². The Hall–Kier alpha value is -2.89. The molecule has 0 spiro atoms. The number of methoxy groups -OCH3 is 1. The second-order valence-electron chi connectivity index (χ2n) is 25.8. The number of ether oxygens (including phenoxy) is 3. The number of allylic oxidation sites excluding steroid dienone is 2. The Kier molecular flexibility index (Phi) is 83.4. The monoisotopic (exact) mass is 1210 g/mol. The molecule has 0 aliphatic heterocycles. The van der Waals surface area contributed by atoms with Crippen molar-refractivity contribution in [3.8, 4) is 0 Å². The van der Waals surface area contributed by atoms with Crippen LogP contribution in [0, 0.1) is 0 Å². The van der Waals surface area contributed by atoms with Gasteiger partial charge in [0.05, 0.1) is 13.7 Å². The van der Waals surface area contributed by atoms with Gasteiger partial charge >= 0.3 is 17.9 Å². The zero-order valence-corrected chi connectivity index (χ0v) is 59.4. The highest BCUT2D eigenvalue weighted by atomic mass is 16.5. The molecule has 0 N–H and O–H groups in total. The minimum atomic E-state index is -0.347. The van der Waals surface area contributed by atoms with Gasteiger partial charge in [0.2, 0.25) is 0 Å². The average Bonchev–Trinajstić information content (AvgIpc) is 3.57. The number of hydrogen-bond donors (Lipinski definition) is 0. The van der Waals surface area contributed by atoms with Gasteiger partial charge in [-0.25, -0.2) is 14.4 Å². The van der Waals surface area contributed by atoms with Crippen molar-refractivity contribution < 1.29 is 28.6 Å². The van der Waals surface area contributed by atoms with Gasteiger partial charge in [0.1, 0.15) is 6.10 Å². The minimum Gasteiger partial charge on any atom is -0.466 e. The van der Waals surface area contributed by atoms with Gasteiger partial charge in [0.15, 0.2) is 0 Å². The summed E-state index contributed by atoms with van der Waals surface area (Å²) in [4.78, 5) is 33.5. The molecule has 1 atom stereocenters. The fourth-order valence-corrected chi connectivity index (χ4v) is 10.9. The molecule has 86 heavy (non-hydrogen) atoms. The highest BCUT2D eigenvalue weighted by Crippen LogP contribution is 2.21. The molecule has 0 rings (SSSR count). The van der Waals surface area contributed by atoms with Gasteiger partial charge in [-0.2, -0.15) is 0 Å². The van der Waals surface area contributed by atoms with E-state index in [1.165, 1.54) is 360 Å². The second kappa shape index (κ2) is 80.1. The van der Waals surface area contributed by atoms with E-state index in [0.717, 1.165) is 19.3 Å². The van der Waals surface area contributed by atoms with Crippen LogP contribution in [0.2, 0.25) is 0 Å². The minimum absolute atomic E-state index is 0.0892. The number of hydrogen-bond acceptors (Lipinski definition) is 6. The van der Waals surface area contributed by atoms with E-state index in [4.69, 9.17) is 9.47 Å². The topological polar surface area (TPSA) is 78.9 Å². The largest absolute Gasteiger partial charge is 0.466 e. The normalized spacial score (nSPS) is 11.0. The molecule has 0 heterocycles. The van der Waals surface area contributed by atoms with Crippen molar-refractivity contribution in [2.24, 2.45) is 0 Å². The van der Waals surface area contributed by atoms with E-state index in [1.54, 1.807) is 32.9 Å². The number of esters is 3. The first-order valence-corrected chi connectivity index (χ1v) is 37.6. The summed E-state index contributed by atoms with van der Waals surface area (Å²) in [6.07, 6.45) is 83.8. The van der Waals surface area contributed by atoms with E-state index in [9.17, 15) is 14.4 Å². The molecule has 0 amide bonds. The predicted octanol–water partition coefficient (Wildman–Crippen LogP) is 27.4. The molecule has 0 aliphatic carbocycles. The van der Waals surface area contributed by atoms with Gasteiger partial charge in [-0.15, -0.1) is 0 Å². The SMILES string of the molecule is C=C(C)C(=O)OC.C=C(C)C(=O)OC(CCCCCCCCCCCC)CCCCCCCCCCCCCC.C=C(C)C(=O)OCCCCCCCCCCCCCCCCCCCCCCCCCCCCCCCCCCCC.C=CC=C. The highest BCUT2D eigenvalue weighted by Gasteiger charge is 2.15. The van der Waals surface area contributed by atoms with Crippen LogP contribution >= 0.6 is 0 Å². The third-order valence-corrected chi connectivity index (χ3v) is 16.7. The van der Waals surface area contributed by atoms with E-state index in [2.05, 4.69) is 58.4 Å². The van der Waals surface area contributed by atoms with Gasteiger partial charge in [0, 0.05) is 16.7 Å². The summed E-state index contributed by atoms with van der Waals surface area (Å²) in [5.74, 6) is -0.799. The van der Waals surface area contributed by atoms with Crippen LogP contribution in [0.1, 0.15) is 414 Å². The zero-order chi connectivity index (χ0) is 64.3. The first-order valence-electron chi connectivity index (χ1n) is 37.6. The maximum Gasteiger partial charge on any atom is 0.333 e. The summed E-state index contributed by atoms with van der Waals surface area (Å²) >= 11 is 0. The van der Waals surface area contributed by atoms with Gasteiger partial charge < -0.3 is 14.2 Å². The van der Waals surface area contributed by atoms with Crippen molar-refractivity contribution in [2.75, 3.05) is 13.7 Å². The van der Waals surface area contributed by atoms with Crippen LogP contribution in [0.4, 0.5) is 0 Å². The summed E-state index contributed by atoms with van der Waals surface area (Å²) < 4.78 is 15.2. The zero-order valence-electron chi connectivity index (χ0n) is 59.4. The molecular formula is C80H152O6. The van der Waals surface area contributed by atoms with Crippen molar-refractivity contribution in [2.45, 2.75) is 420 Å². The standard InChI is InChI=1S/C40H78O2.C31H60O2.C5H8O2.C4H6/c1-4-5-6-7-8-9-10-11-12-13-14-15-16-17-18-19-20-21-22-23-24-25-26-27-28-29-30-31-32-33-34-35-36-37-38-42-40(41)39(2)3;1-5-7-9-11-13-15-17-18-20-22-24-26-28-30(33-31(32)29(3)4)27-25-23-21-19-16-14-12-10-8-6-2;1-4(2)5(6)7-3;1-3-4-2/h2,4-38H2,1,3H3;30H,3,5-28H2,1-2,4H3;1H2,2-3H3;3-4H,1-2H2. The molecule has 508 valence electrons. The van der Waals surface area contributed by atoms with Crippen LogP contribution in [0.5, 0.6) is 0 Å². The Morgan fingerprint density at radius 3 is 0.640 bits per heavy atom. The number of carbonyl (C=O) groups excluding carboxylic acids is 3. The molecule has 0 saturated heterocycles. The number of carbonyl (C=O) groups is 3. The maximum absolute atomic E-state index is 12.0. The van der Waals surface area contributed by atoms with Crippen LogP contribution in [0.25, 0.3) is 0 Å². The quantitative estimate of drug-likeness (QED) is 0.0198. The fraction of sp³-hybridized carbons (Fsp3) is 0.838. The van der Waals surface area contributed by atoms with E-state index in [0.29, 0.717) is 23.3 Å². The van der Waals surface area contributed by atoms with Gasteiger partial charge in [-0.1, -0.05) is 406 Å². The Morgan fingerprint density at radius 1 is 0.291 bits per heavy atom. The van der Waals surface area contributed by atoms with Crippen molar-refractivity contribution in [1.29, 1.82) is 0 Å². The van der Waals surface area contributed by atoms with Crippen molar-refractivity contribution >= 4 is 17.9 Å². The van der Waals surface area contributed by atoms with E-state index >= 15 is 0 Å². The molecule has 0 aromatic carbocycles. The predicted molar refractivity (Wildman–Crippen MR) is 382 cm³/mol. The summed E-state index contributed by atoms with van der Waals surface area (Å²) in [5.41, 5.74) is 1.46. The Balaban J connectivity index is -0.000000676. The molecule has 0 saturated carbocycles. The van der Waals surface area contributed by atoms with Crippen LogP contribution in [-0.4, -0.2) is 37.7 Å². The first-order chi connectivity index (χ1) is 41.9. The molecule has 0 aliphatic rings. The molecule has 6 nitrogen and oxygen atoms in total. The van der Waals surface area contributed by atoms with Gasteiger partial charge in [-0.3, -0.25) is 0 Å². The summed E-state index contributed by atoms with van der Waals surface area (Å²) in [5, 5.41) is 0. The molecule has 0 bridgehead atoms. The lowest BCUT2D eigenvalue weighted by atomic mass is 10.0. The van der Waals surface area contributed by atoms with Crippen LogP contribution in [0.15, 0.2) is 61.8 Å². The first kappa shape index (κ1) is 89.5. The third-order valence-electron chi connectivity index (χ3n) is 16.7. The van der Waals surface area contributed by atoms with E-state index in [1.807, 2.05) is 0 Å². The number of rotatable bonds is 64. The lowest BCUT2D eigenvalue weighted by Crippen LogP contribution is -2.18. The molecular weight excluding hydrogens is 1060 g/mol. The summed E-state index contributed by atoms with van der Waals surface area (Å²) in [7, 11) is 1.33. The lowest BCUT2D eigenvalue weighted by molar-refractivity contribution is -0.145. The Labute approximate surface area is 539 Å². The molecule has 0 radical (unpaired) electrons. The molecule has 0 fully saturated rings.